The molecule has 0 radical (unpaired) electrons. The highest BCUT2D eigenvalue weighted by atomic mass is 19.1. The van der Waals surface area contributed by atoms with E-state index in [1.54, 1.807) is 12.1 Å². The smallest absolute Gasteiger partial charge is 0.123 e. The maximum absolute atomic E-state index is 13.4. The van der Waals surface area contributed by atoms with Crippen molar-refractivity contribution >= 4 is 0 Å². The van der Waals surface area contributed by atoms with Gasteiger partial charge in [-0.2, -0.15) is 0 Å². The third-order valence-electron chi connectivity index (χ3n) is 5.38. The summed E-state index contributed by atoms with van der Waals surface area (Å²) in [6.45, 7) is 2.12. The van der Waals surface area contributed by atoms with Crippen LogP contribution in [0.25, 0.3) is 0 Å². The van der Waals surface area contributed by atoms with Gasteiger partial charge in [-0.25, -0.2) is 4.39 Å². The molecule has 1 heteroatoms. The summed E-state index contributed by atoms with van der Waals surface area (Å²) in [5.74, 6) is 2.40. The van der Waals surface area contributed by atoms with E-state index >= 15 is 0 Å². The lowest BCUT2D eigenvalue weighted by molar-refractivity contribution is 0.206. The maximum Gasteiger partial charge on any atom is 0.123 e. The van der Waals surface area contributed by atoms with Crippen LogP contribution in [0, 0.1) is 23.6 Å². The van der Waals surface area contributed by atoms with Crippen LogP contribution in [0.5, 0.6) is 0 Å². The second kappa shape index (κ2) is 6.11. The molecule has 2 aliphatic carbocycles. The van der Waals surface area contributed by atoms with Gasteiger partial charge >= 0.3 is 0 Å². The Hall–Kier alpha value is -1.11. The van der Waals surface area contributed by atoms with E-state index in [0.29, 0.717) is 0 Å². The number of aryl methyl sites for hydroxylation is 1. The number of hydrogen-bond donors (Lipinski definition) is 0. The van der Waals surface area contributed by atoms with E-state index < -0.39 is 0 Å². The summed E-state index contributed by atoms with van der Waals surface area (Å²) in [6.07, 6.45) is 13.6. The molecule has 1 unspecified atom stereocenters. The first-order valence-electron chi connectivity index (χ1n) is 8.16. The SMILES string of the molecule is C/C=C/C1CCC(C2CCc3ccc(F)cc3C2)CC1. The average molecular weight is 272 g/mol. The van der Waals surface area contributed by atoms with E-state index in [1.165, 1.54) is 43.2 Å². The van der Waals surface area contributed by atoms with Gasteiger partial charge in [0.05, 0.1) is 0 Å². The van der Waals surface area contributed by atoms with Gasteiger partial charge < -0.3 is 0 Å². The van der Waals surface area contributed by atoms with Crippen molar-refractivity contribution in [3.63, 3.8) is 0 Å². The first kappa shape index (κ1) is 13.9. The molecule has 0 N–H and O–H groups in total. The minimum atomic E-state index is -0.0683. The summed E-state index contributed by atoms with van der Waals surface area (Å²) < 4.78 is 13.4. The van der Waals surface area contributed by atoms with E-state index in [-0.39, 0.29) is 5.82 Å². The van der Waals surface area contributed by atoms with E-state index in [9.17, 15) is 4.39 Å². The third kappa shape index (κ3) is 2.97. The van der Waals surface area contributed by atoms with E-state index in [1.807, 2.05) is 6.07 Å². The third-order valence-corrected chi connectivity index (χ3v) is 5.38. The molecule has 0 bridgehead atoms. The van der Waals surface area contributed by atoms with Gasteiger partial charge in [0, 0.05) is 0 Å². The zero-order valence-electron chi connectivity index (χ0n) is 12.4. The van der Waals surface area contributed by atoms with Crippen molar-refractivity contribution < 1.29 is 4.39 Å². The first-order valence-corrected chi connectivity index (χ1v) is 8.16. The molecule has 0 aliphatic heterocycles. The number of allylic oxidation sites excluding steroid dienone is 2. The van der Waals surface area contributed by atoms with Gasteiger partial charge in [-0.15, -0.1) is 0 Å². The predicted molar refractivity (Wildman–Crippen MR) is 82.2 cm³/mol. The van der Waals surface area contributed by atoms with Crippen LogP contribution in [0.15, 0.2) is 30.4 Å². The van der Waals surface area contributed by atoms with Gasteiger partial charge in [-0.1, -0.05) is 18.2 Å². The van der Waals surface area contributed by atoms with E-state index in [0.717, 1.165) is 30.6 Å². The normalized spacial score (nSPS) is 30.4. The molecule has 1 aromatic rings. The molecule has 1 saturated carbocycles. The zero-order chi connectivity index (χ0) is 13.9. The summed E-state index contributed by atoms with van der Waals surface area (Å²) in [4.78, 5) is 0. The first-order chi connectivity index (χ1) is 9.76. The van der Waals surface area contributed by atoms with E-state index in [4.69, 9.17) is 0 Å². The van der Waals surface area contributed by atoms with Crippen molar-refractivity contribution in [2.45, 2.75) is 51.9 Å². The molecule has 0 amide bonds. The van der Waals surface area contributed by atoms with Crippen LogP contribution in [-0.4, -0.2) is 0 Å². The summed E-state index contributed by atoms with van der Waals surface area (Å²) in [5.41, 5.74) is 2.65. The molecule has 0 heterocycles. The minimum Gasteiger partial charge on any atom is -0.207 e. The molecule has 3 rings (SSSR count). The number of halogens is 1. The standard InChI is InChI=1S/C19H25F/c1-2-3-14-4-6-15(7-5-14)17-9-8-16-10-11-19(20)13-18(16)12-17/h2-3,10-11,13-15,17H,4-9,12H2,1H3/b3-2+. The lowest BCUT2D eigenvalue weighted by atomic mass is 9.70. The molecular formula is C19H25F. The van der Waals surface area contributed by atoms with Crippen LogP contribution in [0.3, 0.4) is 0 Å². The molecule has 0 spiro atoms. The van der Waals surface area contributed by atoms with Crippen molar-refractivity contribution in [2.24, 2.45) is 17.8 Å². The number of fused-ring (bicyclic) bond motifs is 1. The number of rotatable bonds is 2. The Morgan fingerprint density at radius 3 is 2.55 bits per heavy atom. The van der Waals surface area contributed by atoms with Crippen LogP contribution >= 0.6 is 0 Å². The second-order valence-electron chi connectivity index (χ2n) is 6.62. The fourth-order valence-electron chi connectivity index (χ4n) is 4.24. The van der Waals surface area contributed by atoms with Crippen LogP contribution in [-0.2, 0) is 12.8 Å². The Morgan fingerprint density at radius 2 is 1.80 bits per heavy atom. The van der Waals surface area contributed by atoms with Gasteiger partial charge in [-0.05, 0) is 92.9 Å². The highest BCUT2D eigenvalue weighted by Crippen LogP contribution is 2.39. The Kier molecular flexibility index (Phi) is 4.24. The van der Waals surface area contributed by atoms with Gasteiger partial charge in [0.25, 0.3) is 0 Å². The van der Waals surface area contributed by atoms with Crippen LogP contribution in [0.1, 0.15) is 50.2 Å². The summed E-state index contributed by atoms with van der Waals surface area (Å²) in [7, 11) is 0. The van der Waals surface area contributed by atoms with E-state index in [2.05, 4.69) is 19.1 Å². The molecule has 1 fully saturated rings. The lowest BCUT2D eigenvalue weighted by Crippen LogP contribution is -2.26. The van der Waals surface area contributed by atoms with Crippen molar-refractivity contribution in [1.29, 1.82) is 0 Å². The van der Waals surface area contributed by atoms with Crippen LogP contribution in [0.4, 0.5) is 4.39 Å². The molecule has 1 atom stereocenters. The largest absolute Gasteiger partial charge is 0.207 e. The number of hydrogen-bond acceptors (Lipinski definition) is 0. The Morgan fingerprint density at radius 1 is 1.00 bits per heavy atom. The predicted octanol–water partition coefficient (Wildman–Crippen LogP) is 5.31. The van der Waals surface area contributed by atoms with Gasteiger partial charge in [0.2, 0.25) is 0 Å². The zero-order valence-corrected chi connectivity index (χ0v) is 12.4. The highest BCUT2D eigenvalue weighted by Gasteiger charge is 2.29. The molecule has 0 nitrogen and oxygen atoms in total. The van der Waals surface area contributed by atoms with Crippen molar-refractivity contribution in [2.75, 3.05) is 0 Å². The number of benzene rings is 1. The lowest BCUT2D eigenvalue weighted by Gasteiger charge is -2.36. The second-order valence-corrected chi connectivity index (χ2v) is 6.62. The molecule has 108 valence electrons. The van der Waals surface area contributed by atoms with Gasteiger partial charge in [-0.3, -0.25) is 0 Å². The average Bonchev–Trinajstić information content (AvgIpc) is 2.47. The molecule has 0 aromatic heterocycles. The maximum atomic E-state index is 13.4. The fourth-order valence-corrected chi connectivity index (χ4v) is 4.24. The topological polar surface area (TPSA) is 0 Å². The Balaban J connectivity index is 1.63. The monoisotopic (exact) mass is 272 g/mol. The minimum absolute atomic E-state index is 0.0683. The van der Waals surface area contributed by atoms with Gasteiger partial charge in [0.1, 0.15) is 5.82 Å². The fraction of sp³-hybridized carbons (Fsp3) is 0.579. The summed E-state index contributed by atoms with van der Waals surface area (Å²) >= 11 is 0. The molecule has 20 heavy (non-hydrogen) atoms. The highest BCUT2D eigenvalue weighted by molar-refractivity contribution is 5.30. The van der Waals surface area contributed by atoms with Crippen molar-refractivity contribution in [3.05, 3.63) is 47.3 Å². The molecule has 1 aromatic carbocycles. The van der Waals surface area contributed by atoms with Crippen LogP contribution < -0.4 is 0 Å². The van der Waals surface area contributed by atoms with Crippen LogP contribution in [0.2, 0.25) is 0 Å². The Labute approximate surface area is 122 Å². The van der Waals surface area contributed by atoms with Gasteiger partial charge in [0.15, 0.2) is 0 Å². The van der Waals surface area contributed by atoms with Crippen molar-refractivity contribution in [1.82, 2.24) is 0 Å². The molecular weight excluding hydrogens is 247 g/mol. The summed E-state index contributed by atoms with van der Waals surface area (Å²) in [5, 5.41) is 0. The summed E-state index contributed by atoms with van der Waals surface area (Å²) in [6, 6.07) is 5.37. The quantitative estimate of drug-likeness (QED) is 0.640. The molecule has 0 saturated heterocycles. The van der Waals surface area contributed by atoms with Crippen molar-refractivity contribution in [3.8, 4) is 0 Å². The Bertz CT molecular complexity index is 481. The molecule has 2 aliphatic rings.